The van der Waals surface area contributed by atoms with E-state index in [4.69, 9.17) is 0 Å². The van der Waals surface area contributed by atoms with Crippen LogP contribution in [0.15, 0.2) is 18.2 Å². The molecule has 114 valence electrons. The molecule has 1 fully saturated rings. The summed E-state index contributed by atoms with van der Waals surface area (Å²) in [4.78, 5) is 28.1. The molecule has 0 bridgehead atoms. The number of nitrogens with one attached hydrogen (secondary N) is 1. The van der Waals surface area contributed by atoms with Crippen molar-refractivity contribution in [1.82, 2.24) is 15.2 Å². The third-order valence-corrected chi connectivity index (χ3v) is 3.04. The molecule has 8 heteroatoms. The Kier molecular flexibility index (Phi) is 4.15. The van der Waals surface area contributed by atoms with Crippen LogP contribution in [-0.4, -0.2) is 47.0 Å². The van der Waals surface area contributed by atoms with Crippen molar-refractivity contribution < 1.29 is 22.8 Å². The fourth-order valence-corrected chi connectivity index (χ4v) is 2.17. The molecule has 0 saturated carbocycles. The molecule has 5 nitrogen and oxygen atoms in total. The number of hydrogen-bond donors (Lipinski definition) is 1. The number of rotatable bonds is 3. The lowest BCUT2D eigenvalue weighted by atomic mass is 10.2. The van der Waals surface area contributed by atoms with E-state index in [9.17, 15) is 22.8 Å². The minimum Gasteiger partial charge on any atom is -0.346 e. The number of nitrogens with zero attached hydrogens (tertiary/aromatic N) is 2. The van der Waals surface area contributed by atoms with E-state index in [1.165, 1.54) is 6.07 Å². The quantitative estimate of drug-likeness (QED) is 0.915. The maximum absolute atomic E-state index is 12.3. The van der Waals surface area contributed by atoms with E-state index in [1.54, 1.807) is 19.1 Å². The second kappa shape index (κ2) is 5.71. The number of likely N-dealkylation sites (tertiary alicyclic amines) is 1. The number of aryl methyl sites for hydroxylation is 1. The van der Waals surface area contributed by atoms with Gasteiger partial charge in [-0.15, -0.1) is 0 Å². The Hall–Kier alpha value is -2.12. The van der Waals surface area contributed by atoms with E-state index < -0.39 is 30.6 Å². The van der Waals surface area contributed by atoms with Crippen molar-refractivity contribution >= 4 is 11.8 Å². The molecule has 1 aromatic rings. The number of hydrogen-bond acceptors (Lipinski definition) is 3. The van der Waals surface area contributed by atoms with Crippen LogP contribution in [0.3, 0.4) is 0 Å². The van der Waals surface area contributed by atoms with Gasteiger partial charge in [-0.3, -0.25) is 9.59 Å². The molecule has 0 aromatic carbocycles. The maximum Gasteiger partial charge on any atom is 0.406 e. The Morgan fingerprint density at radius 3 is 2.81 bits per heavy atom. The molecule has 1 N–H and O–H groups in total. The summed E-state index contributed by atoms with van der Waals surface area (Å²) in [6, 6.07) is 4.26. The van der Waals surface area contributed by atoms with Crippen LogP contribution in [-0.2, 0) is 4.79 Å². The van der Waals surface area contributed by atoms with E-state index in [2.05, 4.69) is 10.3 Å². The lowest BCUT2D eigenvalue weighted by Crippen LogP contribution is -2.40. The molecule has 0 aliphatic carbocycles. The van der Waals surface area contributed by atoms with Gasteiger partial charge in [-0.25, -0.2) is 4.98 Å². The van der Waals surface area contributed by atoms with Crippen molar-refractivity contribution in [3.8, 4) is 0 Å². The number of alkyl halides is 3. The van der Waals surface area contributed by atoms with Gasteiger partial charge in [-0.2, -0.15) is 13.2 Å². The zero-order valence-electron chi connectivity index (χ0n) is 11.3. The van der Waals surface area contributed by atoms with Gasteiger partial charge < -0.3 is 10.2 Å². The first-order chi connectivity index (χ1) is 9.74. The monoisotopic (exact) mass is 301 g/mol. The van der Waals surface area contributed by atoms with Crippen LogP contribution in [0.25, 0.3) is 0 Å². The summed E-state index contributed by atoms with van der Waals surface area (Å²) in [5.41, 5.74) is 0.834. The summed E-state index contributed by atoms with van der Waals surface area (Å²) in [6.45, 7) is 0.289. The highest BCUT2D eigenvalue weighted by atomic mass is 19.4. The van der Waals surface area contributed by atoms with Gasteiger partial charge in [0.2, 0.25) is 5.91 Å². The van der Waals surface area contributed by atoms with Gasteiger partial charge in [0.05, 0.1) is 6.04 Å². The minimum atomic E-state index is -4.44. The first kappa shape index (κ1) is 15.3. The van der Waals surface area contributed by atoms with Gasteiger partial charge in [0, 0.05) is 18.7 Å². The molecule has 2 heterocycles. The number of halogens is 3. The molecule has 1 atom stereocenters. The van der Waals surface area contributed by atoms with Crippen molar-refractivity contribution in [1.29, 1.82) is 0 Å². The summed E-state index contributed by atoms with van der Waals surface area (Å²) < 4.78 is 36.9. The largest absolute Gasteiger partial charge is 0.406 e. The molecule has 1 saturated heterocycles. The van der Waals surface area contributed by atoms with Crippen LogP contribution in [0.4, 0.5) is 13.2 Å². The Balaban J connectivity index is 1.96. The zero-order chi connectivity index (χ0) is 15.6. The molecular formula is C13H14F3N3O2. The normalized spacial score (nSPS) is 19.0. The molecule has 1 aliphatic rings. The number of pyridine rings is 1. The van der Waals surface area contributed by atoms with Crippen LogP contribution < -0.4 is 5.32 Å². The van der Waals surface area contributed by atoms with Gasteiger partial charge in [-0.1, -0.05) is 6.07 Å². The van der Waals surface area contributed by atoms with E-state index in [-0.39, 0.29) is 18.7 Å². The van der Waals surface area contributed by atoms with Gasteiger partial charge >= 0.3 is 6.18 Å². The second-order valence-electron chi connectivity index (χ2n) is 4.93. The number of carbonyl (C=O) groups excluding carboxylic acids is 2. The van der Waals surface area contributed by atoms with Crippen LogP contribution in [0.5, 0.6) is 0 Å². The number of carbonyl (C=O) groups is 2. The first-order valence-electron chi connectivity index (χ1n) is 6.33. The summed E-state index contributed by atoms with van der Waals surface area (Å²) in [6.07, 6.45) is -4.57. The average molecular weight is 301 g/mol. The molecule has 2 rings (SSSR count). The SMILES string of the molecule is Cc1cccc(C(=O)N[C@H]2CC(=O)N(CC(F)(F)F)C2)n1. The Morgan fingerprint density at radius 1 is 1.48 bits per heavy atom. The van der Waals surface area contributed by atoms with Gasteiger partial charge in [-0.05, 0) is 19.1 Å². The number of amides is 2. The Morgan fingerprint density at radius 2 is 2.19 bits per heavy atom. The lowest BCUT2D eigenvalue weighted by molar-refractivity contribution is -0.157. The molecule has 1 aliphatic heterocycles. The average Bonchev–Trinajstić information content (AvgIpc) is 2.67. The topological polar surface area (TPSA) is 62.3 Å². The van der Waals surface area contributed by atoms with Crippen LogP contribution in [0.1, 0.15) is 22.6 Å². The summed E-state index contributed by atoms with van der Waals surface area (Å²) in [7, 11) is 0. The van der Waals surface area contributed by atoms with E-state index in [0.29, 0.717) is 10.6 Å². The fourth-order valence-electron chi connectivity index (χ4n) is 2.17. The minimum absolute atomic E-state index is 0.131. The smallest absolute Gasteiger partial charge is 0.346 e. The summed E-state index contributed by atoms with van der Waals surface area (Å²) in [5, 5.41) is 2.54. The van der Waals surface area contributed by atoms with E-state index in [0.717, 1.165) is 0 Å². The number of aromatic nitrogens is 1. The van der Waals surface area contributed by atoms with Crippen molar-refractivity contribution in [3.05, 3.63) is 29.6 Å². The predicted octanol–water partition coefficient (Wildman–Crippen LogP) is 1.28. The second-order valence-corrected chi connectivity index (χ2v) is 4.93. The maximum atomic E-state index is 12.3. The standard InChI is InChI=1S/C13H14F3N3O2/c1-8-3-2-4-10(17-8)12(21)18-9-5-11(20)19(6-9)7-13(14,15)16/h2-4,9H,5-7H2,1H3,(H,18,21)/t9-/m0/s1. The zero-order valence-corrected chi connectivity index (χ0v) is 11.3. The Bertz CT molecular complexity index is 560. The van der Waals surface area contributed by atoms with Gasteiger partial charge in [0.25, 0.3) is 5.91 Å². The molecular weight excluding hydrogens is 287 g/mol. The third kappa shape index (κ3) is 4.17. The molecule has 0 spiro atoms. The van der Waals surface area contributed by atoms with Crippen LogP contribution >= 0.6 is 0 Å². The molecule has 0 radical (unpaired) electrons. The molecule has 21 heavy (non-hydrogen) atoms. The van der Waals surface area contributed by atoms with E-state index >= 15 is 0 Å². The predicted molar refractivity (Wildman–Crippen MR) is 67.5 cm³/mol. The lowest BCUT2D eigenvalue weighted by Gasteiger charge is -2.18. The summed E-state index contributed by atoms with van der Waals surface area (Å²) in [5.74, 6) is -1.11. The van der Waals surface area contributed by atoms with Crippen LogP contribution in [0, 0.1) is 6.92 Å². The third-order valence-electron chi connectivity index (χ3n) is 3.04. The fraction of sp³-hybridized carbons (Fsp3) is 0.462. The van der Waals surface area contributed by atoms with Crippen molar-refractivity contribution in [2.24, 2.45) is 0 Å². The van der Waals surface area contributed by atoms with Crippen molar-refractivity contribution in [3.63, 3.8) is 0 Å². The van der Waals surface area contributed by atoms with Crippen LogP contribution in [0.2, 0.25) is 0 Å². The summed E-state index contributed by atoms with van der Waals surface area (Å²) >= 11 is 0. The molecule has 0 unspecified atom stereocenters. The van der Waals surface area contributed by atoms with Gasteiger partial charge in [0.1, 0.15) is 12.2 Å². The molecule has 2 amide bonds. The van der Waals surface area contributed by atoms with E-state index in [1.807, 2.05) is 0 Å². The van der Waals surface area contributed by atoms with Gasteiger partial charge in [0.15, 0.2) is 0 Å². The van der Waals surface area contributed by atoms with Crippen molar-refractivity contribution in [2.75, 3.05) is 13.1 Å². The van der Waals surface area contributed by atoms with Crippen molar-refractivity contribution in [2.45, 2.75) is 25.6 Å². The highest BCUT2D eigenvalue weighted by Crippen LogP contribution is 2.21. The highest BCUT2D eigenvalue weighted by molar-refractivity contribution is 5.93. The molecule has 1 aromatic heterocycles. The Labute approximate surface area is 119 Å². The highest BCUT2D eigenvalue weighted by Gasteiger charge is 2.38. The first-order valence-corrected chi connectivity index (χ1v) is 6.33.